The van der Waals surface area contributed by atoms with Gasteiger partial charge in [0.25, 0.3) is 0 Å². The molecule has 0 fully saturated rings. The monoisotopic (exact) mass is 288 g/mol. The van der Waals surface area contributed by atoms with Crippen molar-refractivity contribution in [1.82, 2.24) is 0 Å². The molecule has 0 saturated carbocycles. The Hall–Kier alpha value is 0.267. The van der Waals surface area contributed by atoms with Crippen LogP contribution >= 0.6 is 27.7 Å². The minimum absolute atomic E-state index is 0.852. The summed E-state index contributed by atoms with van der Waals surface area (Å²) in [6.45, 7) is 7.28. The first-order chi connectivity index (χ1) is 6.47. The highest BCUT2D eigenvalue weighted by Gasteiger charge is 2.11. The molecule has 1 aromatic carbocycles. The Bertz CT molecular complexity index is 276. The second-order valence-electron chi connectivity index (χ2n) is 4.61. The third-order valence-electron chi connectivity index (χ3n) is 1.93. The van der Waals surface area contributed by atoms with Crippen LogP contribution in [0.3, 0.4) is 0 Å². The fraction of sp³-hybridized carbons (Fsp3) is 0.455. The number of halogens is 1. The summed E-state index contributed by atoms with van der Waals surface area (Å²) in [5.41, 5.74) is 0. The predicted molar refractivity (Wildman–Crippen MR) is 73.0 cm³/mol. The van der Waals surface area contributed by atoms with Gasteiger partial charge in [-0.2, -0.15) is 0 Å². The summed E-state index contributed by atoms with van der Waals surface area (Å²) in [6.07, 6.45) is 0. The van der Waals surface area contributed by atoms with E-state index in [1.165, 1.54) is 16.7 Å². The number of hydrogen-bond acceptors (Lipinski definition) is 1. The Morgan fingerprint density at radius 3 is 2.21 bits per heavy atom. The quantitative estimate of drug-likeness (QED) is 0.562. The predicted octanol–water partition coefficient (Wildman–Crippen LogP) is 4.88. The summed E-state index contributed by atoms with van der Waals surface area (Å²) in [5, 5.41) is 0. The summed E-state index contributed by atoms with van der Waals surface area (Å²) in [4.78, 5) is 1.38. The van der Waals surface area contributed by atoms with Crippen molar-refractivity contribution >= 4 is 35.8 Å². The van der Waals surface area contributed by atoms with E-state index in [0.29, 0.717) is 0 Å². The third-order valence-corrected chi connectivity index (χ3v) is 5.59. The van der Waals surface area contributed by atoms with Crippen LogP contribution in [0, 0.1) is 0 Å². The molecular formula is C11H17BrSSi. The van der Waals surface area contributed by atoms with Crippen LogP contribution in [0.25, 0.3) is 0 Å². The average molecular weight is 289 g/mol. The summed E-state index contributed by atoms with van der Waals surface area (Å²) in [7, 11) is -0.852. The highest BCUT2D eigenvalue weighted by atomic mass is 79.9. The molecule has 1 rings (SSSR count). The Balaban J connectivity index is 2.35. The van der Waals surface area contributed by atoms with E-state index in [9.17, 15) is 0 Å². The van der Waals surface area contributed by atoms with Crippen LogP contribution in [0.5, 0.6) is 0 Å². The molecule has 0 bridgehead atoms. The van der Waals surface area contributed by atoms with E-state index in [1.807, 2.05) is 11.8 Å². The van der Waals surface area contributed by atoms with E-state index >= 15 is 0 Å². The molecule has 0 aliphatic carbocycles. The largest absolute Gasteiger partial charge is 0.126 e. The molecule has 78 valence electrons. The van der Waals surface area contributed by atoms with Crippen molar-refractivity contribution < 1.29 is 0 Å². The first kappa shape index (κ1) is 12.3. The molecule has 0 nitrogen and oxygen atoms in total. The van der Waals surface area contributed by atoms with Gasteiger partial charge < -0.3 is 0 Å². The zero-order chi connectivity index (χ0) is 10.6. The summed E-state index contributed by atoms with van der Waals surface area (Å²) >= 11 is 5.41. The topological polar surface area (TPSA) is 0 Å². The lowest BCUT2D eigenvalue weighted by Gasteiger charge is -2.14. The van der Waals surface area contributed by atoms with E-state index < -0.39 is 8.07 Å². The van der Waals surface area contributed by atoms with Gasteiger partial charge in [0.15, 0.2) is 0 Å². The highest BCUT2D eigenvalue weighted by Crippen LogP contribution is 2.23. The lowest BCUT2D eigenvalue weighted by atomic mass is 10.4. The minimum atomic E-state index is -0.852. The van der Waals surface area contributed by atoms with E-state index in [4.69, 9.17) is 0 Å². The fourth-order valence-corrected chi connectivity index (χ4v) is 4.69. The van der Waals surface area contributed by atoms with Crippen molar-refractivity contribution in [2.24, 2.45) is 0 Å². The summed E-state index contributed by atoms with van der Waals surface area (Å²) in [5.74, 6) is 1.26. The van der Waals surface area contributed by atoms with Crippen LogP contribution in [0.1, 0.15) is 0 Å². The molecule has 0 N–H and O–H groups in total. The van der Waals surface area contributed by atoms with Gasteiger partial charge in [-0.3, -0.25) is 0 Å². The van der Waals surface area contributed by atoms with Gasteiger partial charge in [-0.1, -0.05) is 35.6 Å². The number of thioether (sulfide) groups is 1. The van der Waals surface area contributed by atoms with Crippen molar-refractivity contribution in [2.45, 2.75) is 30.6 Å². The molecule has 0 saturated heterocycles. The number of benzene rings is 1. The Labute approximate surface area is 101 Å². The molecular weight excluding hydrogens is 272 g/mol. The van der Waals surface area contributed by atoms with E-state index in [2.05, 4.69) is 59.8 Å². The van der Waals surface area contributed by atoms with Gasteiger partial charge in [0, 0.05) is 17.4 Å². The highest BCUT2D eigenvalue weighted by molar-refractivity contribution is 9.10. The first-order valence-electron chi connectivity index (χ1n) is 4.86. The molecule has 0 aromatic heterocycles. The molecule has 14 heavy (non-hydrogen) atoms. The van der Waals surface area contributed by atoms with Gasteiger partial charge in [0.2, 0.25) is 0 Å². The zero-order valence-electron chi connectivity index (χ0n) is 9.01. The number of hydrogen-bond donors (Lipinski definition) is 0. The lowest BCUT2D eigenvalue weighted by Crippen LogP contribution is -2.19. The Morgan fingerprint density at radius 1 is 1.14 bits per heavy atom. The van der Waals surface area contributed by atoms with Crippen LogP contribution in [-0.4, -0.2) is 13.8 Å². The third kappa shape index (κ3) is 5.22. The zero-order valence-corrected chi connectivity index (χ0v) is 12.4. The molecule has 0 unspecified atom stereocenters. The van der Waals surface area contributed by atoms with Crippen molar-refractivity contribution in [1.29, 1.82) is 0 Å². The fourth-order valence-electron chi connectivity index (χ4n) is 1.01. The average Bonchev–Trinajstić information content (AvgIpc) is 2.06. The lowest BCUT2D eigenvalue weighted by molar-refractivity contribution is 1.35. The number of rotatable bonds is 4. The summed E-state index contributed by atoms with van der Waals surface area (Å²) in [6, 6.07) is 9.97. The molecule has 0 atom stereocenters. The van der Waals surface area contributed by atoms with E-state index in [0.717, 1.165) is 4.47 Å². The Kier molecular flexibility index (Phi) is 4.74. The van der Waals surface area contributed by atoms with E-state index in [1.54, 1.807) is 0 Å². The normalized spacial score (nSPS) is 11.7. The molecule has 0 heterocycles. The van der Waals surface area contributed by atoms with Crippen LogP contribution in [0.2, 0.25) is 25.7 Å². The van der Waals surface area contributed by atoms with E-state index in [-0.39, 0.29) is 0 Å². The van der Waals surface area contributed by atoms with Crippen molar-refractivity contribution in [3.8, 4) is 0 Å². The van der Waals surface area contributed by atoms with Gasteiger partial charge >= 0.3 is 0 Å². The minimum Gasteiger partial charge on any atom is -0.126 e. The van der Waals surface area contributed by atoms with Gasteiger partial charge in [-0.15, -0.1) is 11.8 Å². The van der Waals surface area contributed by atoms with Gasteiger partial charge in [0.1, 0.15) is 0 Å². The first-order valence-corrected chi connectivity index (χ1v) is 10.3. The second-order valence-corrected chi connectivity index (χ2v) is 12.3. The second kappa shape index (κ2) is 5.38. The smallest absolute Gasteiger partial charge is 0.0450 e. The Morgan fingerprint density at radius 2 is 1.71 bits per heavy atom. The van der Waals surface area contributed by atoms with Crippen LogP contribution in [0.4, 0.5) is 0 Å². The van der Waals surface area contributed by atoms with Crippen LogP contribution in [-0.2, 0) is 0 Å². The SMILES string of the molecule is C[Si](C)(C)CCSc1ccc(Br)cc1. The standard InChI is InChI=1S/C11H17BrSSi/c1-14(2,3)9-8-13-11-6-4-10(12)5-7-11/h4-7H,8-9H2,1-3H3. The summed E-state index contributed by atoms with van der Waals surface area (Å²) < 4.78 is 1.16. The van der Waals surface area contributed by atoms with Crippen molar-refractivity contribution in [2.75, 3.05) is 5.75 Å². The molecule has 0 aliphatic heterocycles. The van der Waals surface area contributed by atoms with Gasteiger partial charge in [-0.05, 0) is 36.1 Å². The maximum atomic E-state index is 3.44. The van der Waals surface area contributed by atoms with Gasteiger partial charge in [0.05, 0.1) is 0 Å². The van der Waals surface area contributed by atoms with Crippen LogP contribution < -0.4 is 0 Å². The molecule has 0 aliphatic rings. The molecule has 0 radical (unpaired) electrons. The van der Waals surface area contributed by atoms with Crippen molar-refractivity contribution in [3.63, 3.8) is 0 Å². The maximum absolute atomic E-state index is 3.44. The van der Waals surface area contributed by atoms with Crippen molar-refractivity contribution in [3.05, 3.63) is 28.7 Å². The van der Waals surface area contributed by atoms with Crippen LogP contribution in [0.15, 0.2) is 33.6 Å². The van der Waals surface area contributed by atoms with Gasteiger partial charge in [-0.25, -0.2) is 0 Å². The molecule has 0 amide bonds. The molecule has 1 aromatic rings. The molecule has 0 spiro atoms. The molecule has 3 heteroatoms. The maximum Gasteiger partial charge on any atom is 0.0450 e.